The van der Waals surface area contributed by atoms with E-state index in [0.717, 1.165) is 11.9 Å². The van der Waals surface area contributed by atoms with Gasteiger partial charge in [0.1, 0.15) is 0 Å². The van der Waals surface area contributed by atoms with E-state index in [2.05, 4.69) is 15.0 Å². The van der Waals surface area contributed by atoms with Crippen molar-refractivity contribution in [3.8, 4) is 0 Å². The Labute approximate surface area is 139 Å². The fraction of sp³-hybridized carbons (Fsp3) is 0.500. The van der Waals surface area contributed by atoms with Crippen molar-refractivity contribution in [3.63, 3.8) is 0 Å². The van der Waals surface area contributed by atoms with Crippen LogP contribution in [0.15, 0.2) is 22.9 Å². The number of sulfonamides is 1. The number of amides is 1. The molecule has 1 amide bonds. The zero-order valence-corrected chi connectivity index (χ0v) is 14.3. The minimum atomic E-state index is -3.30. The van der Waals surface area contributed by atoms with E-state index in [1.54, 1.807) is 28.8 Å². The van der Waals surface area contributed by atoms with E-state index < -0.39 is 10.0 Å². The lowest BCUT2D eigenvalue weighted by atomic mass is 10.1. The second kappa shape index (κ2) is 6.36. The van der Waals surface area contributed by atoms with Gasteiger partial charge in [-0.05, 0) is 13.0 Å². The van der Waals surface area contributed by atoms with Gasteiger partial charge in [-0.2, -0.15) is 5.10 Å². The highest BCUT2D eigenvalue weighted by molar-refractivity contribution is 7.88. The Morgan fingerprint density at radius 3 is 2.92 bits per heavy atom. The molecule has 0 saturated heterocycles. The van der Waals surface area contributed by atoms with Gasteiger partial charge in [0.25, 0.3) is 5.91 Å². The first-order valence-corrected chi connectivity index (χ1v) is 9.39. The van der Waals surface area contributed by atoms with Crippen LogP contribution in [-0.2, 0) is 23.1 Å². The van der Waals surface area contributed by atoms with Crippen LogP contribution in [0.25, 0.3) is 0 Å². The molecule has 2 aromatic rings. The van der Waals surface area contributed by atoms with Gasteiger partial charge in [0.05, 0.1) is 24.2 Å². The van der Waals surface area contributed by atoms with Crippen molar-refractivity contribution in [2.45, 2.75) is 20.0 Å². The van der Waals surface area contributed by atoms with Gasteiger partial charge in [-0.25, -0.2) is 13.1 Å². The molecule has 24 heavy (non-hydrogen) atoms. The minimum Gasteiger partial charge on any atom is -0.351 e. The lowest BCUT2D eigenvalue weighted by Crippen LogP contribution is -2.38. The van der Waals surface area contributed by atoms with Gasteiger partial charge in [0.15, 0.2) is 0 Å². The molecule has 2 aromatic heterocycles. The number of aromatic nitrogens is 3. The van der Waals surface area contributed by atoms with E-state index in [0.29, 0.717) is 25.3 Å². The van der Waals surface area contributed by atoms with Gasteiger partial charge in [-0.15, -0.1) is 0 Å². The SMILES string of the molecule is Cc1cc(C(=O)N2Cc3ccnn3C[C@@H](CNS(C)(=O)=O)C2)on1. The fourth-order valence-corrected chi connectivity index (χ4v) is 3.24. The summed E-state index contributed by atoms with van der Waals surface area (Å²) in [6.45, 7) is 3.29. The van der Waals surface area contributed by atoms with Gasteiger partial charge in [0.2, 0.25) is 15.8 Å². The van der Waals surface area contributed by atoms with Crippen molar-refractivity contribution in [3.05, 3.63) is 35.5 Å². The zero-order chi connectivity index (χ0) is 17.3. The van der Waals surface area contributed by atoms with Crippen molar-refractivity contribution >= 4 is 15.9 Å². The summed E-state index contributed by atoms with van der Waals surface area (Å²) in [4.78, 5) is 14.3. The molecule has 9 nitrogen and oxygen atoms in total. The minimum absolute atomic E-state index is 0.103. The Morgan fingerprint density at radius 2 is 2.25 bits per heavy atom. The smallest absolute Gasteiger partial charge is 0.292 e. The molecule has 1 aliphatic heterocycles. The number of hydrogen-bond donors (Lipinski definition) is 1. The number of rotatable bonds is 4. The summed E-state index contributed by atoms with van der Waals surface area (Å²) >= 11 is 0. The van der Waals surface area contributed by atoms with Crippen LogP contribution in [0.1, 0.15) is 21.9 Å². The van der Waals surface area contributed by atoms with Crippen molar-refractivity contribution in [2.75, 3.05) is 19.3 Å². The molecule has 10 heteroatoms. The molecular formula is C14H19N5O4S. The van der Waals surface area contributed by atoms with E-state index in [4.69, 9.17) is 4.52 Å². The maximum atomic E-state index is 12.7. The van der Waals surface area contributed by atoms with E-state index in [1.807, 2.05) is 6.07 Å². The highest BCUT2D eigenvalue weighted by Crippen LogP contribution is 2.18. The molecule has 1 atom stereocenters. The van der Waals surface area contributed by atoms with Gasteiger partial charge in [-0.1, -0.05) is 5.16 Å². The average molecular weight is 353 g/mol. The predicted molar refractivity (Wildman–Crippen MR) is 84.5 cm³/mol. The third-order valence-electron chi connectivity index (χ3n) is 3.83. The summed E-state index contributed by atoms with van der Waals surface area (Å²) in [6, 6.07) is 3.44. The van der Waals surface area contributed by atoms with Crippen LogP contribution >= 0.6 is 0 Å². The molecular weight excluding hydrogens is 334 g/mol. The molecule has 0 saturated carbocycles. The Balaban J connectivity index is 1.82. The Morgan fingerprint density at radius 1 is 1.46 bits per heavy atom. The van der Waals surface area contributed by atoms with Crippen molar-refractivity contribution in [1.29, 1.82) is 0 Å². The van der Waals surface area contributed by atoms with E-state index in [9.17, 15) is 13.2 Å². The number of carbonyl (C=O) groups is 1. The second-order valence-corrected chi connectivity index (χ2v) is 7.84. The predicted octanol–water partition coefficient (Wildman–Crippen LogP) is 0.000920. The molecule has 0 spiro atoms. The number of nitrogens with zero attached hydrogens (tertiary/aromatic N) is 4. The first kappa shape index (κ1) is 16.7. The Hall–Kier alpha value is -2.20. The fourth-order valence-electron chi connectivity index (χ4n) is 2.71. The molecule has 1 aliphatic rings. The molecule has 0 aliphatic carbocycles. The second-order valence-electron chi connectivity index (χ2n) is 6.01. The molecule has 3 heterocycles. The van der Waals surface area contributed by atoms with Gasteiger partial charge in [0, 0.05) is 37.8 Å². The molecule has 0 aromatic carbocycles. The summed E-state index contributed by atoms with van der Waals surface area (Å²) in [5.74, 6) is -0.196. The summed E-state index contributed by atoms with van der Waals surface area (Å²) < 4.78 is 32.1. The van der Waals surface area contributed by atoms with Crippen LogP contribution < -0.4 is 4.72 Å². The molecule has 130 valence electrons. The normalized spacial score (nSPS) is 18.2. The van der Waals surface area contributed by atoms with E-state index >= 15 is 0 Å². The highest BCUT2D eigenvalue weighted by atomic mass is 32.2. The molecule has 0 bridgehead atoms. The molecule has 0 fully saturated rings. The lowest BCUT2D eigenvalue weighted by Gasteiger charge is -2.23. The van der Waals surface area contributed by atoms with Gasteiger partial charge < -0.3 is 9.42 Å². The van der Waals surface area contributed by atoms with Crippen molar-refractivity contribution in [2.24, 2.45) is 5.92 Å². The summed E-state index contributed by atoms with van der Waals surface area (Å²) in [5.41, 5.74) is 1.52. The molecule has 1 N–H and O–H groups in total. The quantitative estimate of drug-likeness (QED) is 0.828. The van der Waals surface area contributed by atoms with Crippen LogP contribution in [0, 0.1) is 12.8 Å². The van der Waals surface area contributed by atoms with Crippen LogP contribution in [0.3, 0.4) is 0 Å². The molecule has 0 radical (unpaired) electrons. The maximum absolute atomic E-state index is 12.7. The first-order valence-electron chi connectivity index (χ1n) is 7.50. The summed E-state index contributed by atoms with van der Waals surface area (Å²) in [5, 5.41) is 7.99. The Bertz CT molecular complexity index is 841. The van der Waals surface area contributed by atoms with Crippen LogP contribution in [-0.4, -0.2) is 53.5 Å². The monoisotopic (exact) mass is 353 g/mol. The Kier molecular flexibility index (Phi) is 4.41. The van der Waals surface area contributed by atoms with E-state index in [1.165, 1.54) is 0 Å². The van der Waals surface area contributed by atoms with Crippen LogP contribution in [0.4, 0.5) is 0 Å². The molecule has 0 unspecified atom stereocenters. The van der Waals surface area contributed by atoms with Crippen LogP contribution in [0.5, 0.6) is 0 Å². The maximum Gasteiger partial charge on any atom is 0.292 e. The zero-order valence-electron chi connectivity index (χ0n) is 13.5. The molecule has 3 rings (SSSR count). The van der Waals surface area contributed by atoms with Crippen molar-refractivity contribution < 1.29 is 17.7 Å². The topological polar surface area (TPSA) is 110 Å². The van der Waals surface area contributed by atoms with Crippen molar-refractivity contribution in [1.82, 2.24) is 24.6 Å². The third-order valence-corrected chi connectivity index (χ3v) is 4.52. The van der Waals surface area contributed by atoms with Gasteiger partial charge in [-0.3, -0.25) is 9.48 Å². The highest BCUT2D eigenvalue weighted by Gasteiger charge is 2.28. The largest absolute Gasteiger partial charge is 0.351 e. The number of aryl methyl sites for hydroxylation is 1. The standard InChI is InChI=1S/C14H19N5O4S/c1-10-5-13(23-17-10)14(20)18-7-11(6-16-24(2,21)22)8-19-12(9-18)3-4-15-19/h3-5,11,16H,6-9H2,1-2H3/t11-/m0/s1. The summed E-state index contributed by atoms with van der Waals surface area (Å²) in [6.07, 6.45) is 2.78. The number of carbonyl (C=O) groups excluding carboxylic acids is 1. The third kappa shape index (κ3) is 3.82. The average Bonchev–Trinajstić information content (AvgIpc) is 3.08. The first-order chi connectivity index (χ1) is 11.3. The lowest BCUT2D eigenvalue weighted by molar-refractivity contribution is 0.0680. The summed E-state index contributed by atoms with van der Waals surface area (Å²) in [7, 11) is -3.30. The van der Waals surface area contributed by atoms with E-state index in [-0.39, 0.29) is 24.1 Å². The van der Waals surface area contributed by atoms with Gasteiger partial charge >= 0.3 is 0 Å². The number of hydrogen-bond acceptors (Lipinski definition) is 6. The number of fused-ring (bicyclic) bond motifs is 1. The number of nitrogens with one attached hydrogen (secondary N) is 1. The van der Waals surface area contributed by atoms with Crippen LogP contribution in [0.2, 0.25) is 0 Å².